The predicted molar refractivity (Wildman–Crippen MR) is 87.4 cm³/mol. The average Bonchev–Trinajstić information content (AvgIpc) is 2.87. The molecule has 1 aromatic carbocycles. The van der Waals surface area contributed by atoms with Gasteiger partial charge in [0.2, 0.25) is 0 Å². The van der Waals surface area contributed by atoms with Gasteiger partial charge in [-0.2, -0.15) is 0 Å². The van der Waals surface area contributed by atoms with Crippen molar-refractivity contribution < 1.29 is 10.1 Å². The van der Waals surface area contributed by atoms with Gasteiger partial charge in [0.1, 0.15) is 5.69 Å². The molecule has 24 heavy (non-hydrogen) atoms. The quantitative estimate of drug-likeness (QED) is 0.522. The Bertz CT molecular complexity index is 829. The van der Waals surface area contributed by atoms with E-state index >= 15 is 0 Å². The van der Waals surface area contributed by atoms with E-state index in [0.29, 0.717) is 21.5 Å². The zero-order chi connectivity index (χ0) is 17.3. The van der Waals surface area contributed by atoms with Crippen molar-refractivity contribution in [2.75, 3.05) is 0 Å². The van der Waals surface area contributed by atoms with Crippen LogP contribution >= 0.6 is 11.6 Å². The van der Waals surface area contributed by atoms with E-state index in [1.165, 1.54) is 0 Å². The Labute approximate surface area is 143 Å². The van der Waals surface area contributed by atoms with E-state index in [2.05, 4.69) is 17.0 Å². The number of nitrogens with zero attached hydrogens (tertiary/aromatic N) is 5. The van der Waals surface area contributed by atoms with Crippen molar-refractivity contribution in [1.82, 2.24) is 14.7 Å². The lowest BCUT2D eigenvalue weighted by Crippen LogP contribution is -2.28. The molecule has 0 bridgehead atoms. The van der Waals surface area contributed by atoms with Gasteiger partial charge in [0.05, 0.1) is 11.1 Å². The summed E-state index contributed by atoms with van der Waals surface area (Å²) in [7, 11) is 0. The maximum atomic E-state index is 11.3. The van der Waals surface area contributed by atoms with Crippen molar-refractivity contribution in [2.24, 2.45) is 10.9 Å². The summed E-state index contributed by atoms with van der Waals surface area (Å²) < 4.78 is 0. The minimum absolute atomic E-state index is 0.0622. The first-order valence-corrected chi connectivity index (χ1v) is 8.21. The summed E-state index contributed by atoms with van der Waals surface area (Å²) in [5.41, 5.74) is 0.268. The molecule has 0 amide bonds. The summed E-state index contributed by atoms with van der Waals surface area (Å²) in [6, 6.07) is 6.47. The highest BCUT2D eigenvalue weighted by atomic mass is 35.5. The zero-order valence-corrected chi connectivity index (χ0v) is 13.9. The lowest BCUT2D eigenvalue weighted by atomic mass is 9.86. The Hall–Kier alpha value is -2.35. The summed E-state index contributed by atoms with van der Waals surface area (Å²) in [4.78, 5) is 16.8. The highest BCUT2D eigenvalue weighted by molar-refractivity contribution is 6.30. The van der Waals surface area contributed by atoms with Gasteiger partial charge in [0, 0.05) is 5.02 Å². The van der Waals surface area contributed by atoms with Crippen molar-refractivity contribution in [3.05, 3.63) is 44.9 Å². The monoisotopic (exact) mass is 351 g/mol. The molecular weight excluding hydrogens is 334 g/mol. The molecule has 9 heteroatoms. The number of hydrogen-bond acceptors (Lipinski definition) is 5. The van der Waals surface area contributed by atoms with Crippen LogP contribution < -0.4 is 5.49 Å². The molecule has 0 spiro atoms. The van der Waals surface area contributed by atoms with E-state index in [-0.39, 0.29) is 11.5 Å². The maximum Gasteiger partial charge on any atom is 0.438 e. The van der Waals surface area contributed by atoms with Gasteiger partial charge >= 0.3 is 5.82 Å². The van der Waals surface area contributed by atoms with Crippen molar-refractivity contribution >= 4 is 17.4 Å². The molecule has 0 aliphatic heterocycles. The lowest BCUT2D eigenvalue weighted by molar-refractivity contribution is -0.391. The van der Waals surface area contributed by atoms with Crippen LogP contribution in [0.3, 0.4) is 0 Å². The van der Waals surface area contributed by atoms with Gasteiger partial charge in [0.15, 0.2) is 0 Å². The molecule has 0 saturated heterocycles. The Kier molecular flexibility index (Phi) is 4.57. The second-order valence-corrected chi connectivity index (χ2v) is 6.46. The van der Waals surface area contributed by atoms with Gasteiger partial charge in [-0.05, 0) is 46.7 Å². The minimum atomic E-state index is -0.639. The molecule has 1 fully saturated rings. The molecule has 0 unspecified atom stereocenters. The van der Waals surface area contributed by atoms with Gasteiger partial charge < -0.3 is 15.3 Å². The molecule has 1 aliphatic rings. The van der Waals surface area contributed by atoms with Crippen LogP contribution in [0.15, 0.2) is 29.3 Å². The van der Waals surface area contributed by atoms with Gasteiger partial charge in [-0.1, -0.05) is 42.3 Å². The molecule has 2 atom stereocenters. The molecule has 128 valence electrons. The normalized spacial score (nSPS) is 21.8. The summed E-state index contributed by atoms with van der Waals surface area (Å²) in [6.07, 6.45) is 4.03. The zero-order valence-electron chi connectivity index (χ0n) is 13.2. The predicted octanol–water partition coefficient (Wildman–Crippen LogP) is 2.95. The van der Waals surface area contributed by atoms with Crippen LogP contribution in [0.5, 0.6) is 0 Å². The molecule has 1 heterocycles. The number of nitro groups is 1. The van der Waals surface area contributed by atoms with E-state index in [9.17, 15) is 15.3 Å². The number of halogens is 1. The third-order valence-electron chi connectivity index (χ3n) is 4.32. The van der Waals surface area contributed by atoms with Crippen LogP contribution in [-0.4, -0.2) is 30.9 Å². The summed E-state index contributed by atoms with van der Waals surface area (Å²) in [5, 5.41) is 26.0. The fraction of sp³-hybridized carbons (Fsp3) is 0.467. The first kappa shape index (κ1) is 16.5. The first-order valence-electron chi connectivity index (χ1n) is 7.83. The van der Waals surface area contributed by atoms with Crippen LogP contribution in [-0.2, 0) is 0 Å². The van der Waals surface area contributed by atoms with Gasteiger partial charge in [-0.15, -0.1) is 0 Å². The summed E-state index contributed by atoms with van der Waals surface area (Å²) in [5.74, 6) is -0.164. The molecule has 8 nitrogen and oxygen atoms in total. The van der Waals surface area contributed by atoms with Gasteiger partial charge in [0.25, 0.3) is 5.49 Å². The second kappa shape index (κ2) is 6.64. The summed E-state index contributed by atoms with van der Waals surface area (Å²) >= 11 is 5.94. The third-order valence-corrected chi connectivity index (χ3v) is 4.56. The summed E-state index contributed by atoms with van der Waals surface area (Å²) in [6.45, 7) is 2.07. The second-order valence-electron chi connectivity index (χ2n) is 6.02. The van der Waals surface area contributed by atoms with Gasteiger partial charge in [-0.25, -0.2) is 0 Å². The molecule has 1 aliphatic carbocycles. The van der Waals surface area contributed by atoms with Crippen molar-refractivity contribution in [3.8, 4) is 5.69 Å². The lowest BCUT2D eigenvalue weighted by Gasteiger charge is -2.24. The van der Waals surface area contributed by atoms with Crippen LogP contribution in [0.1, 0.15) is 32.6 Å². The number of hydrogen-bond donors (Lipinski definition) is 1. The molecule has 1 aromatic heterocycles. The van der Waals surface area contributed by atoms with Crippen LogP contribution in [0.2, 0.25) is 5.02 Å². The standard InChI is InChI=1S/C15H18ClN5O3/c1-10-5-2-3-8-13(10)17-14-15(21(23)24)18-19(20(14)22)12-7-4-6-11(16)9-12/h4,6-7,9-10,13,22H,2-3,5,8H2,1H3/t10-,13+/m1/s1. The van der Waals surface area contributed by atoms with E-state index < -0.39 is 10.7 Å². The van der Waals surface area contributed by atoms with Crippen LogP contribution in [0.25, 0.3) is 5.69 Å². The van der Waals surface area contributed by atoms with E-state index in [1.807, 2.05) is 0 Å². The average molecular weight is 352 g/mol. The first-order chi connectivity index (χ1) is 11.5. The molecule has 2 aromatic rings. The molecule has 1 N–H and O–H groups in total. The highest BCUT2D eigenvalue weighted by Gasteiger charge is 2.27. The van der Waals surface area contributed by atoms with Gasteiger partial charge in [-0.3, -0.25) is 4.99 Å². The molecule has 0 radical (unpaired) electrons. The fourth-order valence-electron chi connectivity index (χ4n) is 3.00. The number of rotatable bonds is 3. The van der Waals surface area contributed by atoms with Crippen LogP contribution in [0, 0.1) is 16.0 Å². The molecular formula is C15H18ClN5O3. The van der Waals surface area contributed by atoms with Crippen molar-refractivity contribution in [2.45, 2.75) is 38.6 Å². The SMILES string of the molecule is C[C@@H]1CCCC[C@@H]1N=c1c([N+](=O)[O-])nn(-c2cccc(Cl)c2)n1O. The largest absolute Gasteiger partial charge is 0.438 e. The van der Waals surface area contributed by atoms with Crippen LogP contribution in [0.4, 0.5) is 5.82 Å². The molecule has 3 rings (SSSR count). The Morgan fingerprint density at radius 1 is 1.42 bits per heavy atom. The Morgan fingerprint density at radius 2 is 2.17 bits per heavy atom. The van der Waals surface area contributed by atoms with E-state index in [4.69, 9.17) is 11.6 Å². The van der Waals surface area contributed by atoms with Crippen molar-refractivity contribution in [3.63, 3.8) is 0 Å². The maximum absolute atomic E-state index is 11.3. The Balaban J connectivity index is 2.13. The Morgan fingerprint density at radius 3 is 2.83 bits per heavy atom. The van der Waals surface area contributed by atoms with Crippen molar-refractivity contribution in [1.29, 1.82) is 0 Å². The number of aromatic nitrogens is 3. The smallest absolute Gasteiger partial charge is 0.409 e. The molecule has 1 saturated carbocycles. The third kappa shape index (κ3) is 3.14. The minimum Gasteiger partial charge on any atom is -0.409 e. The van der Waals surface area contributed by atoms with E-state index in [1.54, 1.807) is 24.3 Å². The fourth-order valence-corrected chi connectivity index (χ4v) is 3.18. The highest BCUT2D eigenvalue weighted by Crippen LogP contribution is 2.26. The van der Waals surface area contributed by atoms with E-state index in [0.717, 1.165) is 30.5 Å². The topological polar surface area (TPSA) is 98.5 Å². The number of benzene rings is 1.